The maximum Gasteiger partial charge on any atom is 0.428 e. The van der Waals surface area contributed by atoms with Gasteiger partial charge in [0, 0.05) is 30.6 Å². The van der Waals surface area contributed by atoms with Crippen molar-refractivity contribution in [3.63, 3.8) is 0 Å². The Morgan fingerprint density at radius 2 is 1.89 bits per heavy atom. The minimum Gasteiger partial charge on any atom is -0.443 e. The zero-order valence-electron chi connectivity index (χ0n) is 19.4. The fraction of sp³-hybridized carbons (Fsp3) is 0.600. The summed E-state index contributed by atoms with van der Waals surface area (Å²) in [5.74, 6) is -2.75. The number of hydrazone groups is 1. The van der Waals surface area contributed by atoms with Gasteiger partial charge in [-0.1, -0.05) is 30.3 Å². The third-order valence-corrected chi connectivity index (χ3v) is 7.78. The number of nitrogens with one attached hydrogen (secondary N) is 1. The zero-order valence-corrected chi connectivity index (χ0v) is 19.4. The standard InChI is InChI=1S/C25H31N3O7/c29-19-11-18(26-27-25(33)35-13-14-5-2-1-3-6-14)16-8-9-17-21(20(16)22(19)30)24(32)28(23(17)31)12-15-7-4-10-34-15/h1-3,5-6,15-17,19-22,29-30H,4,7-13H2,(H,27,33)/b26-18+/t15-,16-,17+,19+,20-,21+,22+/m0/s1. The minimum absolute atomic E-state index is 0.0699. The van der Waals surface area contributed by atoms with Gasteiger partial charge in [-0.15, -0.1) is 0 Å². The van der Waals surface area contributed by atoms with Gasteiger partial charge in [-0.25, -0.2) is 10.2 Å². The largest absolute Gasteiger partial charge is 0.443 e. The number of nitrogens with zero attached hydrogens (tertiary/aromatic N) is 2. The Morgan fingerprint density at radius 3 is 2.63 bits per heavy atom. The van der Waals surface area contributed by atoms with Gasteiger partial charge >= 0.3 is 6.09 Å². The second-order valence-electron chi connectivity index (χ2n) is 9.85. The Kier molecular flexibility index (Phi) is 6.86. The van der Waals surface area contributed by atoms with Gasteiger partial charge in [0.25, 0.3) is 0 Å². The monoisotopic (exact) mass is 485 g/mol. The average Bonchev–Trinajstić information content (AvgIpc) is 3.47. The summed E-state index contributed by atoms with van der Waals surface area (Å²) in [4.78, 5) is 39.9. The second kappa shape index (κ2) is 10.0. The van der Waals surface area contributed by atoms with E-state index < -0.39 is 36.1 Å². The number of ether oxygens (including phenoxy) is 2. The third-order valence-electron chi connectivity index (χ3n) is 7.78. The average molecular weight is 486 g/mol. The molecule has 10 nitrogen and oxygen atoms in total. The van der Waals surface area contributed by atoms with Gasteiger partial charge < -0.3 is 19.7 Å². The Morgan fingerprint density at radius 1 is 1.11 bits per heavy atom. The van der Waals surface area contributed by atoms with Crippen LogP contribution in [0.2, 0.25) is 0 Å². The topological polar surface area (TPSA) is 138 Å². The van der Waals surface area contributed by atoms with Crippen LogP contribution in [0.1, 0.15) is 37.7 Å². The van der Waals surface area contributed by atoms with Crippen LogP contribution in [0.5, 0.6) is 0 Å². The summed E-state index contributed by atoms with van der Waals surface area (Å²) < 4.78 is 10.8. The Balaban J connectivity index is 1.29. The lowest BCUT2D eigenvalue weighted by atomic mass is 9.60. The number of aliphatic hydroxyl groups excluding tert-OH is 2. The van der Waals surface area contributed by atoms with E-state index in [0.717, 1.165) is 18.4 Å². The number of carbonyl (C=O) groups excluding carboxylic acids is 3. The summed E-state index contributed by atoms with van der Waals surface area (Å²) in [5.41, 5.74) is 3.72. The lowest BCUT2D eigenvalue weighted by Gasteiger charge is -2.45. The summed E-state index contributed by atoms with van der Waals surface area (Å²) in [7, 11) is 0. The Bertz CT molecular complexity index is 994. The van der Waals surface area contributed by atoms with E-state index in [9.17, 15) is 24.6 Å². The molecule has 1 aromatic rings. The minimum atomic E-state index is -1.16. The molecule has 7 atom stereocenters. The maximum absolute atomic E-state index is 13.4. The molecular formula is C25H31N3O7. The fourth-order valence-corrected chi connectivity index (χ4v) is 6.11. The lowest BCUT2D eigenvalue weighted by Crippen LogP contribution is -2.55. The van der Waals surface area contributed by atoms with Crippen LogP contribution in [0, 0.1) is 23.7 Å². The molecular weight excluding hydrogens is 454 g/mol. The molecule has 0 aromatic heterocycles. The van der Waals surface area contributed by atoms with Crippen molar-refractivity contribution >= 4 is 23.6 Å². The predicted molar refractivity (Wildman–Crippen MR) is 123 cm³/mol. The number of amides is 3. The van der Waals surface area contributed by atoms with Crippen LogP contribution < -0.4 is 5.43 Å². The van der Waals surface area contributed by atoms with Crippen LogP contribution in [0.25, 0.3) is 0 Å². The number of imide groups is 1. The van der Waals surface area contributed by atoms with Crippen LogP contribution >= 0.6 is 0 Å². The normalized spacial score (nSPS) is 35.7. The molecule has 35 heavy (non-hydrogen) atoms. The number of fused-ring (bicyclic) bond motifs is 3. The number of benzene rings is 1. The summed E-state index contributed by atoms with van der Waals surface area (Å²) >= 11 is 0. The first kappa shape index (κ1) is 23.9. The molecule has 188 valence electrons. The molecule has 0 radical (unpaired) electrons. The highest BCUT2D eigenvalue weighted by atomic mass is 16.6. The van der Waals surface area contributed by atoms with E-state index in [-0.39, 0.29) is 43.4 Å². The van der Waals surface area contributed by atoms with Crippen LogP contribution in [-0.4, -0.2) is 70.2 Å². The van der Waals surface area contributed by atoms with Crippen molar-refractivity contribution in [2.24, 2.45) is 28.8 Å². The van der Waals surface area contributed by atoms with Gasteiger partial charge in [-0.05, 0) is 31.2 Å². The van der Waals surface area contributed by atoms with E-state index in [1.165, 1.54) is 4.90 Å². The molecule has 3 amide bonds. The van der Waals surface area contributed by atoms with E-state index in [4.69, 9.17) is 9.47 Å². The quantitative estimate of drug-likeness (QED) is 0.421. The molecule has 2 saturated heterocycles. The number of hydrogen-bond acceptors (Lipinski definition) is 8. The number of aliphatic hydroxyl groups is 2. The molecule has 0 spiro atoms. The van der Waals surface area contributed by atoms with Crippen LogP contribution in [0.15, 0.2) is 35.4 Å². The number of rotatable bonds is 5. The van der Waals surface area contributed by atoms with Crippen molar-refractivity contribution in [2.75, 3.05) is 13.2 Å². The molecule has 4 fully saturated rings. The van der Waals surface area contributed by atoms with Crippen molar-refractivity contribution < 1.29 is 34.1 Å². The third kappa shape index (κ3) is 4.70. The summed E-state index contributed by atoms with van der Waals surface area (Å²) in [5, 5.41) is 25.7. The SMILES string of the molecule is O=C(N/N=C1\C[C@@H](O)[C@@H](O)[C@@H]2[C@@H]3C(=O)N(C[C@@H]4CCCO4)C(=O)[C@@H]3CC[C@@H]12)OCc1ccccc1. The van der Waals surface area contributed by atoms with Crippen molar-refractivity contribution in [1.82, 2.24) is 10.3 Å². The Hall–Kier alpha value is -2.82. The van der Waals surface area contributed by atoms with Gasteiger partial charge in [0.1, 0.15) is 6.61 Å². The first-order valence-electron chi connectivity index (χ1n) is 12.3. The van der Waals surface area contributed by atoms with Gasteiger partial charge in [0.2, 0.25) is 11.8 Å². The highest BCUT2D eigenvalue weighted by molar-refractivity contribution is 6.06. The number of hydrogen-bond donors (Lipinski definition) is 3. The van der Waals surface area contributed by atoms with E-state index in [1.807, 2.05) is 30.3 Å². The van der Waals surface area contributed by atoms with Crippen molar-refractivity contribution in [3.8, 4) is 0 Å². The van der Waals surface area contributed by atoms with Crippen molar-refractivity contribution in [3.05, 3.63) is 35.9 Å². The van der Waals surface area contributed by atoms with E-state index in [0.29, 0.717) is 25.2 Å². The molecule has 2 heterocycles. The molecule has 5 rings (SSSR count). The van der Waals surface area contributed by atoms with Crippen LogP contribution in [0.4, 0.5) is 4.79 Å². The van der Waals surface area contributed by atoms with Gasteiger partial charge in [-0.2, -0.15) is 5.10 Å². The van der Waals surface area contributed by atoms with E-state index >= 15 is 0 Å². The van der Waals surface area contributed by atoms with Crippen LogP contribution in [0.3, 0.4) is 0 Å². The van der Waals surface area contributed by atoms with Gasteiger partial charge in [0.05, 0.1) is 36.7 Å². The molecule has 2 saturated carbocycles. The van der Waals surface area contributed by atoms with Crippen molar-refractivity contribution in [2.45, 2.75) is 57.0 Å². The highest BCUT2D eigenvalue weighted by Crippen LogP contribution is 2.49. The van der Waals surface area contributed by atoms with Gasteiger partial charge in [-0.3, -0.25) is 14.5 Å². The van der Waals surface area contributed by atoms with E-state index in [1.54, 1.807) is 0 Å². The summed E-state index contributed by atoms with van der Waals surface area (Å²) in [6.07, 6.45) is -0.387. The first-order valence-corrected chi connectivity index (χ1v) is 12.3. The number of likely N-dealkylation sites (tertiary alicyclic amines) is 1. The molecule has 0 unspecified atom stereocenters. The zero-order chi connectivity index (χ0) is 24.5. The smallest absolute Gasteiger partial charge is 0.428 e. The molecule has 2 aliphatic heterocycles. The summed E-state index contributed by atoms with van der Waals surface area (Å²) in [6.45, 7) is 0.951. The maximum atomic E-state index is 13.4. The lowest BCUT2D eigenvalue weighted by molar-refractivity contribution is -0.143. The Labute approximate surface area is 203 Å². The molecule has 1 aromatic carbocycles. The molecule has 2 aliphatic carbocycles. The van der Waals surface area contributed by atoms with Crippen molar-refractivity contribution in [1.29, 1.82) is 0 Å². The van der Waals surface area contributed by atoms with Gasteiger partial charge in [0.15, 0.2) is 0 Å². The van der Waals surface area contributed by atoms with Crippen LogP contribution in [-0.2, 0) is 25.7 Å². The fourth-order valence-electron chi connectivity index (χ4n) is 6.11. The first-order chi connectivity index (χ1) is 16.9. The van der Waals surface area contributed by atoms with E-state index in [2.05, 4.69) is 10.5 Å². The highest BCUT2D eigenvalue weighted by Gasteiger charge is 2.59. The second-order valence-corrected chi connectivity index (χ2v) is 9.85. The predicted octanol–water partition coefficient (Wildman–Crippen LogP) is 1.20. The molecule has 3 N–H and O–H groups in total. The molecule has 10 heteroatoms. The summed E-state index contributed by atoms with van der Waals surface area (Å²) in [6, 6.07) is 9.23. The molecule has 0 bridgehead atoms. The molecule has 4 aliphatic rings. The number of carbonyl (C=O) groups is 3.